The van der Waals surface area contributed by atoms with Crippen molar-refractivity contribution in [1.29, 1.82) is 0 Å². The maximum Gasteiger partial charge on any atom is 0.171 e. The molecule has 0 saturated carbocycles. The monoisotopic (exact) mass is 539 g/mol. The third-order valence-corrected chi connectivity index (χ3v) is 8.55. The molecule has 4 aromatic heterocycles. The molecule has 0 N–H and O–H groups in total. The van der Waals surface area contributed by atoms with Crippen LogP contribution < -0.4 is 0 Å². The number of carbonyl (C=O) groups is 1. The van der Waals surface area contributed by atoms with Crippen LogP contribution in [0.4, 0.5) is 0 Å². The van der Waals surface area contributed by atoms with E-state index in [0.717, 1.165) is 33.9 Å². The van der Waals surface area contributed by atoms with E-state index in [9.17, 15) is 4.79 Å². The molecule has 39 heavy (non-hydrogen) atoms. The first-order valence-electron chi connectivity index (χ1n) is 13.5. The Balaban J connectivity index is 1.48. The van der Waals surface area contributed by atoms with Crippen LogP contribution in [0.5, 0.6) is 0 Å². The highest BCUT2D eigenvalue weighted by Gasteiger charge is 2.28. The number of hydrogen-bond donors (Lipinski definition) is 0. The first-order chi connectivity index (χ1) is 18.5. The number of ether oxygens (including phenoxy) is 1. The second-order valence-electron chi connectivity index (χ2n) is 12.4. The van der Waals surface area contributed by atoms with Crippen molar-refractivity contribution in [2.75, 3.05) is 6.61 Å². The van der Waals surface area contributed by atoms with Gasteiger partial charge in [-0.2, -0.15) is 0 Å². The van der Waals surface area contributed by atoms with E-state index in [2.05, 4.69) is 59.7 Å². The summed E-state index contributed by atoms with van der Waals surface area (Å²) < 4.78 is 10.1. The number of aromatic nitrogens is 5. The number of rotatable bonds is 9. The highest BCUT2D eigenvalue weighted by Crippen LogP contribution is 2.30. The number of carbonyl (C=O) groups excluding carboxylic acids is 1. The van der Waals surface area contributed by atoms with E-state index in [-0.39, 0.29) is 5.78 Å². The number of fused-ring (bicyclic) bond motifs is 2. The number of hydrogen-bond acceptors (Lipinski definition) is 5. The summed E-state index contributed by atoms with van der Waals surface area (Å²) in [6.07, 6.45) is 7.55. The molecule has 0 aliphatic carbocycles. The van der Waals surface area contributed by atoms with Crippen LogP contribution in [-0.2, 0) is 18.0 Å². The smallest absolute Gasteiger partial charge is 0.171 e. The van der Waals surface area contributed by atoms with Crippen LogP contribution in [0.25, 0.3) is 33.3 Å². The Morgan fingerprint density at radius 1 is 1.03 bits per heavy atom. The summed E-state index contributed by atoms with van der Waals surface area (Å²) >= 11 is 0. The molecule has 4 heterocycles. The molecule has 5 rings (SSSR count). The minimum absolute atomic E-state index is 0.0434. The SMILES string of the molecule is CC(C)(C)C(=O)c1cn(COCC[Si](C)(C)C)c2ncc(-c3ccc4c(ccn4Cc4ccccn4)c3)nc12. The molecule has 7 nitrogen and oxygen atoms in total. The van der Waals surface area contributed by atoms with E-state index >= 15 is 0 Å². The van der Waals surface area contributed by atoms with Crippen LogP contribution >= 0.6 is 0 Å². The molecule has 0 aliphatic rings. The Labute approximate surface area is 230 Å². The molecule has 1 aromatic carbocycles. The van der Waals surface area contributed by atoms with Gasteiger partial charge in [0, 0.05) is 55.2 Å². The van der Waals surface area contributed by atoms with E-state index in [1.54, 1.807) is 6.20 Å². The molecule has 0 atom stereocenters. The molecule has 0 amide bonds. The lowest BCUT2D eigenvalue weighted by Gasteiger charge is -2.16. The molecular weight excluding hydrogens is 502 g/mol. The molecule has 0 spiro atoms. The van der Waals surface area contributed by atoms with Gasteiger partial charge in [-0.25, -0.2) is 9.97 Å². The van der Waals surface area contributed by atoms with Crippen molar-refractivity contribution in [2.24, 2.45) is 5.41 Å². The van der Waals surface area contributed by atoms with Gasteiger partial charge < -0.3 is 13.9 Å². The Hall–Kier alpha value is -3.62. The van der Waals surface area contributed by atoms with Crippen molar-refractivity contribution in [3.8, 4) is 11.3 Å². The second kappa shape index (κ2) is 10.5. The van der Waals surface area contributed by atoms with Crippen LogP contribution in [0, 0.1) is 5.41 Å². The zero-order valence-electron chi connectivity index (χ0n) is 23.7. The lowest BCUT2D eigenvalue weighted by molar-refractivity contribution is 0.0849. The quantitative estimate of drug-likeness (QED) is 0.114. The Bertz CT molecular complexity index is 1620. The fourth-order valence-electron chi connectivity index (χ4n) is 4.56. The number of Topliss-reactive ketones (excluding diaryl/α,β-unsaturated/α-hetero) is 1. The molecule has 0 saturated heterocycles. The summed E-state index contributed by atoms with van der Waals surface area (Å²) in [6, 6.07) is 15.5. The molecule has 0 aliphatic heterocycles. The summed E-state index contributed by atoms with van der Waals surface area (Å²) in [4.78, 5) is 27.6. The highest BCUT2D eigenvalue weighted by molar-refractivity contribution is 6.76. The summed E-state index contributed by atoms with van der Waals surface area (Å²) in [5.41, 5.74) is 5.18. The second-order valence-corrected chi connectivity index (χ2v) is 18.0. The summed E-state index contributed by atoms with van der Waals surface area (Å²) in [7, 11) is -1.19. The average molecular weight is 540 g/mol. The van der Waals surface area contributed by atoms with E-state index in [1.165, 1.54) is 0 Å². The minimum Gasteiger partial charge on any atom is -0.361 e. The zero-order chi connectivity index (χ0) is 27.8. The van der Waals surface area contributed by atoms with Crippen molar-refractivity contribution >= 4 is 35.9 Å². The predicted molar refractivity (Wildman–Crippen MR) is 160 cm³/mol. The number of pyridine rings is 1. The fraction of sp³-hybridized carbons (Fsp3) is 0.355. The first-order valence-corrected chi connectivity index (χ1v) is 17.2. The molecule has 5 aromatic rings. The van der Waals surface area contributed by atoms with Crippen LogP contribution in [0.2, 0.25) is 25.7 Å². The number of benzene rings is 1. The Morgan fingerprint density at radius 3 is 2.56 bits per heavy atom. The minimum atomic E-state index is -1.19. The van der Waals surface area contributed by atoms with E-state index in [0.29, 0.717) is 36.6 Å². The molecule has 0 bridgehead atoms. The standard InChI is InChI=1S/C31H37N5O2Si/c1-31(2,3)29(37)25-20-36(21-38-15-16-39(4,5)6)30-28(25)34-26(18-33-30)22-10-11-27-23(17-22)12-14-35(27)19-24-9-7-8-13-32-24/h7-14,17-18,20H,15-16,19,21H2,1-6H3. The normalized spacial score (nSPS) is 12.5. The third kappa shape index (κ3) is 6.02. The fourth-order valence-corrected chi connectivity index (χ4v) is 5.32. The topological polar surface area (TPSA) is 74.8 Å². The molecule has 0 unspecified atom stereocenters. The zero-order valence-corrected chi connectivity index (χ0v) is 24.7. The van der Waals surface area contributed by atoms with E-state index < -0.39 is 13.5 Å². The molecule has 202 valence electrons. The van der Waals surface area contributed by atoms with Crippen LogP contribution in [0.3, 0.4) is 0 Å². The van der Waals surface area contributed by atoms with Crippen molar-refractivity contribution in [3.05, 3.63) is 78.5 Å². The predicted octanol–water partition coefficient (Wildman–Crippen LogP) is 7.04. The van der Waals surface area contributed by atoms with Crippen LogP contribution in [-0.4, -0.2) is 44.6 Å². The van der Waals surface area contributed by atoms with Crippen molar-refractivity contribution in [2.45, 2.75) is 59.7 Å². The first kappa shape index (κ1) is 27.0. The maximum atomic E-state index is 13.4. The third-order valence-electron chi connectivity index (χ3n) is 6.84. The van der Waals surface area contributed by atoms with Crippen LogP contribution in [0.15, 0.2) is 67.3 Å². The largest absolute Gasteiger partial charge is 0.361 e. The van der Waals surface area contributed by atoms with Gasteiger partial charge in [-0.1, -0.05) is 52.5 Å². The summed E-state index contributed by atoms with van der Waals surface area (Å²) in [5.74, 6) is 0.0434. The van der Waals surface area contributed by atoms with Crippen LogP contribution in [0.1, 0.15) is 36.8 Å². The molecule has 0 radical (unpaired) electrons. The van der Waals surface area contributed by atoms with Crippen molar-refractivity contribution in [1.82, 2.24) is 24.1 Å². The summed E-state index contributed by atoms with van der Waals surface area (Å²) in [6.45, 7) is 14.6. The van der Waals surface area contributed by atoms with E-state index in [4.69, 9.17) is 14.7 Å². The molecule has 0 fully saturated rings. The van der Waals surface area contributed by atoms with Gasteiger partial charge in [-0.15, -0.1) is 0 Å². The van der Waals surface area contributed by atoms with E-state index in [1.807, 2.05) is 55.9 Å². The van der Waals surface area contributed by atoms with Gasteiger partial charge in [0.1, 0.15) is 12.2 Å². The lowest BCUT2D eigenvalue weighted by Crippen LogP contribution is -2.22. The van der Waals surface area contributed by atoms with Gasteiger partial charge in [0.25, 0.3) is 0 Å². The number of ketones is 1. The van der Waals surface area contributed by atoms with Gasteiger partial charge in [-0.05, 0) is 36.4 Å². The average Bonchev–Trinajstić information content (AvgIpc) is 3.46. The van der Waals surface area contributed by atoms with Gasteiger partial charge in [0.2, 0.25) is 0 Å². The number of nitrogens with zero attached hydrogens (tertiary/aromatic N) is 5. The van der Waals surface area contributed by atoms with Gasteiger partial charge in [-0.3, -0.25) is 9.78 Å². The van der Waals surface area contributed by atoms with Gasteiger partial charge in [0.05, 0.1) is 29.7 Å². The maximum absolute atomic E-state index is 13.4. The van der Waals surface area contributed by atoms with Crippen molar-refractivity contribution < 1.29 is 9.53 Å². The molecular formula is C31H37N5O2Si. The van der Waals surface area contributed by atoms with Gasteiger partial charge in [0.15, 0.2) is 11.4 Å². The Morgan fingerprint density at radius 2 is 1.85 bits per heavy atom. The van der Waals surface area contributed by atoms with Crippen molar-refractivity contribution in [3.63, 3.8) is 0 Å². The highest BCUT2D eigenvalue weighted by atomic mass is 28.3. The Kier molecular flexibility index (Phi) is 7.26. The summed E-state index contributed by atoms with van der Waals surface area (Å²) in [5, 5.41) is 1.12. The van der Waals surface area contributed by atoms with Gasteiger partial charge >= 0.3 is 0 Å². The lowest BCUT2D eigenvalue weighted by atomic mass is 9.87. The molecule has 8 heteroatoms.